The van der Waals surface area contributed by atoms with E-state index in [1.807, 2.05) is 42.5 Å². The SMILES string of the molecule is C=CCN1C(=O)NC(c2ccc3ccccc3c2)C=C1C(=O)O. The molecule has 5 heteroatoms. The van der Waals surface area contributed by atoms with Gasteiger partial charge < -0.3 is 10.4 Å². The van der Waals surface area contributed by atoms with Crippen LogP contribution >= 0.6 is 0 Å². The Bertz CT molecular complexity index is 826. The van der Waals surface area contributed by atoms with E-state index in [4.69, 9.17) is 0 Å². The van der Waals surface area contributed by atoms with Crippen molar-refractivity contribution in [2.45, 2.75) is 6.04 Å². The van der Waals surface area contributed by atoms with Crippen LogP contribution in [0.15, 0.2) is 66.9 Å². The van der Waals surface area contributed by atoms with E-state index >= 15 is 0 Å². The minimum atomic E-state index is -1.13. The molecule has 2 aromatic rings. The van der Waals surface area contributed by atoms with Crippen LogP contribution in [0.5, 0.6) is 0 Å². The third-order valence-corrected chi connectivity index (χ3v) is 3.80. The van der Waals surface area contributed by atoms with Crippen LogP contribution in [0.25, 0.3) is 10.8 Å². The molecule has 23 heavy (non-hydrogen) atoms. The van der Waals surface area contributed by atoms with E-state index in [1.54, 1.807) is 6.08 Å². The van der Waals surface area contributed by atoms with Crippen molar-refractivity contribution >= 4 is 22.8 Å². The van der Waals surface area contributed by atoms with Gasteiger partial charge in [0.1, 0.15) is 5.70 Å². The number of carboxylic acid groups (broad SMARTS) is 1. The summed E-state index contributed by atoms with van der Waals surface area (Å²) >= 11 is 0. The number of amides is 2. The van der Waals surface area contributed by atoms with E-state index in [-0.39, 0.29) is 12.2 Å². The second-order valence-corrected chi connectivity index (χ2v) is 5.29. The number of benzene rings is 2. The van der Waals surface area contributed by atoms with Crippen molar-refractivity contribution in [1.29, 1.82) is 0 Å². The van der Waals surface area contributed by atoms with Gasteiger partial charge in [0.2, 0.25) is 0 Å². The Hall–Kier alpha value is -3.08. The van der Waals surface area contributed by atoms with Crippen LogP contribution in [0.4, 0.5) is 4.79 Å². The van der Waals surface area contributed by atoms with Crippen molar-refractivity contribution in [1.82, 2.24) is 10.2 Å². The summed E-state index contributed by atoms with van der Waals surface area (Å²) in [6.07, 6.45) is 3.05. The van der Waals surface area contributed by atoms with Crippen molar-refractivity contribution < 1.29 is 14.7 Å². The molecule has 0 bridgehead atoms. The van der Waals surface area contributed by atoms with Gasteiger partial charge in [-0.25, -0.2) is 9.59 Å². The fraction of sp³-hybridized carbons (Fsp3) is 0.111. The molecule has 1 aliphatic heterocycles. The fourth-order valence-corrected chi connectivity index (χ4v) is 2.69. The van der Waals surface area contributed by atoms with Crippen molar-refractivity contribution in [3.05, 3.63) is 72.5 Å². The maximum atomic E-state index is 12.2. The van der Waals surface area contributed by atoms with Crippen molar-refractivity contribution in [2.75, 3.05) is 6.54 Å². The molecule has 116 valence electrons. The molecule has 1 unspecified atom stereocenters. The normalized spacial score (nSPS) is 17.6. The summed E-state index contributed by atoms with van der Waals surface area (Å²) in [6.45, 7) is 3.70. The summed E-state index contributed by atoms with van der Waals surface area (Å²) in [6, 6.07) is 12.8. The first kappa shape index (κ1) is 14.8. The van der Waals surface area contributed by atoms with Crippen LogP contribution in [-0.2, 0) is 4.79 Å². The van der Waals surface area contributed by atoms with Gasteiger partial charge in [-0.15, -0.1) is 6.58 Å². The summed E-state index contributed by atoms with van der Waals surface area (Å²) in [4.78, 5) is 24.8. The molecule has 2 amide bonds. The zero-order valence-electron chi connectivity index (χ0n) is 12.4. The molecule has 1 heterocycles. The van der Waals surface area contributed by atoms with Crippen molar-refractivity contribution in [3.8, 4) is 0 Å². The molecule has 0 saturated heterocycles. The number of carbonyl (C=O) groups excluding carboxylic acids is 1. The first-order valence-electron chi connectivity index (χ1n) is 7.23. The summed E-state index contributed by atoms with van der Waals surface area (Å²) in [5.74, 6) is -1.13. The first-order valence-corrected chi connectivity index (χ1v) is 7.23. The molecular formula is C18H16N2O3. The molecular weight excluding hydrogens is 292 g/mol. The number of nitrogens with one attached hydrogen (secondary N) is 1. The Morgan fingerprint density at radius 1 is 1.26 bits per heavy atom. The first-order chi connectivity index (χ1) is 11.1. The topological polar surface area (TPSA) is 69.6 Å². The Kier molecular flexibility index (Phi) is 3.85. The van der Waals surface area contributed by atoms with Gasteiger partial charge in [-0.1, -0.05) is 42.5 Å². The number of nitrogens with zero attached hydrogens (tertiary/aromatic N) is 1. The minimum Gasteiger partial charge on any atom is -0.477 e. The van der Waals surface area contributed by atoms with Gasteiger partial charge in [0.05, 0.1) is 6.04 Å². The highest BCUT2D eigenvalue weighted by molar-refractivity contribution is 5.94. The number of hydrogen-bond acceptors (Lipinski definition) is 2. The van der Waals surface area contributed by atoms with Crippen LogP contribution in [0.2, 0.25) is 0 Å². The standard InChI is InChI=1S/C18H16N2O3/c1-2-9-20-16(17(21)22)11-15(19-18(20)23)14-8-7-12-5-3-4-6-13(12)10-14/h2-8,10-11,15H,1,9H2,(H,19,23)(H,21,22). The average molecular weight is 308 g/mol. The van der Waals surface area contributed by atoms with E-state index in [0.717, 1.165) is 21.2 Å². The van der Waals surface area contributed by atoms with Gasteiger partial charge in [-0.05, 0) is 28.5 Å². The van der Waals surface area contributed by atoms with Gasteiger partial charge in [0.15, 0.2) is 0 Å². The second-order valence-electron chi connectivity index (χ2n) is 5.29. The number of fused-ring (bicyclic) bond motifs is 1. The maximum absolute atomic E-state index is 12.2. The lowest BCUT2D eigenvalue weighted by Crippen LogP contribution is -2.46. The third kappa shape index (κ3) is 2.81. The molecule has 0 fully saturated rings. The predicted octanol–water partition coefficient (Wildman–Crippen LogP) is 3.06. The summed E-state index contributed by atoms with van der Waals surface area (Å²) in [7, 11) is 0. The molecule has 0 aromatic heterocycles. The average Bonchev–Trinajstić information content (AvgIpc) is 2.56. The Balaban J connectivity index is 2.02. The summed E-state index contributed by atoms with van der Waals surface area (Å²) < 4.78 is 0. The molecule has 1 atom stereocenters. The lowest BCUT2D eigenvalue weighted by Gasteiger charge is -2.30. The molecule has 1 aliphatic rings. The molecule has 0 spiro atoms. The van der Waals surface area contributed by atoms with E-state index in [9.17, 15) is 14.7 Å². The molecule has 3 rings (SSSR count). The highest BCUT2D eigenvalue weighted by Crippen LogP contribution is 2.26. The van der Waals surface area contributed by atoms with Crippen LogP contribution in [-0.4, -0.2) is 28.6 Å². The lowest BCUT2D eigenvalue weighted by molar-refractivity contribution is -0.134. The molecule has 0 aliphatic carbocycles. The third-order valence-electron chi connectivity index (χ3n) is 3.80. The summed E-state index contributed by atoms with van der Waals surface area (Å²) in [5.41, 5.74) is 0.806. The zero-order valence-corrected chi connectivity index (χ0v) is 12.4. The zero-order chi connectivity index (χ0) is 16.4. The number of carbonyl (C=O) groups is 2. The minimum absolute atomic E-state index is 0.0354. The van der Waals surface area contributed by atoms with Crippen LogP contribution in [0.3, 0.4) is 0 Å². The quantitative estimate of drug-likeness (QED) is 0.853. The number of rotatable bonds is 4. The van der Waals surface area contributed by atoms with Crippen LogP contribution in [0, 0.1) is 0 Å². The van der Waals surface area contributed by atoms with E-state index in [1.165, 1.54) is 6.08 Å². The highest BCUT2D eigenvalue weighted by atomic mass is 16.4. The molecule has 2 N–H and O–H groups in total. The number of hydrogen-bond donors (Lipinski definition) is 2. The Morgan fingerprint density at radius 2 is 2.00 bits per heavy atom. The van der Waals surface area contributed by atoms with Gasteiger partial charge >= 0.3 is 12.0 Å². The van der Waals surface area contributed by atoms with Crippen LogP contribution < -0.4 is 5.32 Å². The number of urea groups is 1. The monoisotopic (exact) mass is 308 g/mol. The summed E-state index contributed by atoms with van der Waals surface area (Å²) in [5, 5.41) is 14.3. The molecule has 0 radical (unpaired) electrons. The molecule has 0 saturated carbocycles. The van der Waals surface area contributed by atoms with Gasteiger partial charge in [0, 0.05) is 6.54 Å². The number of carboxylic acids is 1. The van der Waals surface area contributed by atoms with Crippen molar-refractivity contribution in [3.63, 3.8) is 0 Å². The lowest BCUT2D eigenvalue weighted by atomic mass is 10.00. The maximum Gasteiger partial charge on any atom is 0.352 e. The molecule has 2 aromatic carbocycles. The van der Waals surface area contributed by atoms with Crippen molar-refractivity contribution in [2.24, 2.45) is 0 Å². The largest absolute Gasteiger partial charge is 0.477 e. The smallest absolute Gasteiger partial charge is 0.352 e. The second kappa shape index (κ2) is 5.96. The fourth-order valence-electron chi connectivity index (χ4n) is 2.69. The Labute approximate surface area is 133 Å². The van der Waals surface area contributed by atoms with E-state index in [2.05, 4.69) is 11.9 Å². The van der Waals surface area contributed by atoms with Gasteiger partial charge in [-0.3, -0.25) is 4.90 Å². The van der Waals surface area contributed by atoms with E-state index in [0.29, 0.717) is 0 Å². The van der Waals surface area contributed by atoms with Gasteiger partial charge in [-0.2, -0.15) is 0 Å². The van der Waals surface area contributed by atoms with E-state index < -0.39 is 18.0 Å². The number of aliphatic carboxylic acids is 1. The highest BCUT2D eigenvalue weighted by Gasteiger charge is 2.30. The molecule has 5 nitrogen and oxygen atoms in total. The predicted molar refractivity (Wildman–Crippen MR) is 87.8 cm³/mol. The Morgan fingerprint density at radius 3 is 2.70 bits per heavy atom. The van der Waals surface area contributed by atoms with Gasteiger partial charge in [0.25, 0.3) is 0 Å². The van der Waals surface area contributed by atoms with Crippen LogP contribution in [0.1, 0.15) is 11.6 Å².